The Morgan fingerprint density at radius 1 is 1.44 bits per heavy atom. The van der Waals surface area contributed by atoms with Gasteiger partial charge in [0, 0.05) is 18.1 Å². The molecule has 1 fully saturated rings. The molecular formula is C13H29N3. The Morgan fingerprint density at radius 2 is 2.12 bits per heavy atom. The predicted octanol–water partition coefficient (Wildman–Crippen LogP) is 1.53. The van der Waals surface area contributed by atoms with Crippen LogP contribution in [-0.4, -0.2) is 54.6 Å². The van der Waals surface area contributed by atoms with E-state index in [-0.39, 0.29) is 5.54 Å². The molecule has 16 heavy (non-hydrogen) atoms. The molecule has 0 aliphatic carbocycles. The molecule has 0 aromatic heterocycles. The molecule has 1 aliphatic rings. The molecule has 0 saturated carbocycles. The first kappa shape index (κ1) is 13.9. The molecule has 0 radical (unpaired) electrons. The van der Waals surface area contributed by atoms with E-state index in [4.69, 9.17) is 5.73 Å². The maximum Gasteiger partial charge on any atom is 0.0358 e. The van der Waals surface area contributed by atoms with E-state index in [1.54, 1.807) is 0 Å². The fraction of sp³-hybridized carbons (Fsp3) is 1.00. The second-order valence-electron chi connectivity index (χ2n) is 5.29. The number of nitrogens with two attached hydrogens (primary N) is 1. The van der Waals surface area contributed by atoms with Gasteiger partial charge in [0.15, 0.2) is 0 Å². The van der Waals surface area contributed by atoms with Crippen molar-refractivity contribution in [2.75, 3.05) is 33.2 Å². The number of hydrogen-bond donors (Lipinski definition) is 1. The van der Waals surface area contributed by atoms with Gasteiger partial charge in [0.2, 0.25) is 0 Å². The van der Waals surface area contributed by atoms with Gasteiger partial charge in [-0.05, 0) is 52.9 Å². The van der Waals surface area contributed by atoms with Crippen molar-refractivity contribution in [3.8, 4) is 0 Å². The lowest BCUT2D eigenvalue weighted by atomic mass is 9.82. The van der Waals surface area contributed by atoms with Crippen molar-refractivity contribution >= 4 is 0 Å². The molecule has 1 rings (SSSR count). The maximum atomic E-state index is 6.09. The zero-order chi connectivity index (χ0) is 12.2. The summed E-state index contributed by atoms with van der Waals surface area (Å²) in [4.78, 5) is 5.06. The van der Waals surface area contributed by atoms with Crippen LogP contribution in [0.4, 0.5) is 0 Å². The van der Waals surface area contributed by atoms with Crippen LogP contribution < -0.4 is 5.73 Å². The summed E-state index contributed by atoms with van der Waals surface area (Å²) in [5.74, 6) is 0. The Labute approximate surface area is 101 Å². The highest BCUT2D eigenvalue weighted by Gasteiger charge is 2.39. The first-order valence-corrected chi connectivity index (χ1v) is 6.75. The fourth-order valence-electron chi connectivity index (χ4n) is 3.01. The second kappa shape index (κ2) is 5.99. The third-order valence-electron chi connectivity index (χ3n) is 4.28. The molecule has 0 bridgehead atoms. The summed E-state index contributed by atoms with van der Waals surface area (Å²) in [6.45, 7) is 11.1. The van der Waals surface area contributed by atoms with Crippen LogP contribution in [0.15, 0.2) is 0 Å². The molecule has 0 amide bonds. The molecule has 3 heteroatoms. The standard InChI is InChI=1S/C13H29N3/c1-5-8-16(6-2)13(11-14)7-9-15(4)12(3)10-13/h12H,5-11,14H2,1-4H3. The number of likely N-dealkylation sites (tertiary alicyclic amines) is 1. The summed E-state index contributed by atoms with van der Waals surface area (Å²) >= 11 is 0. The Hall–Kier alpha value is -0.120. The molecular weight excluding hydrogens is 198 g/mol. The van der Waals surface area contributed by atoms with E-state index in [0.29, 0.717) is 6.04 Å². The van der Waals surface area contributed by atoms with Gasteiger partial charge >= 0.3 is 0 Å². The average molecular weight is 227 g/mol. The Balaban J connectivity index is 2.75. The maximum absolute atomic E-state index is 6.09. The molecule has 1 saturated heterocycles. The average Bonchev–Trinajstić information content (AvgIpc) is 2.30. The summed E-state index contributed by atoms with van der Waals surface area (Å²) in [5, 5.41) is 0. The number of nitrogens with zero attached hydrogens (tertiary/aromatic N) is 2. The predicted molar refractivity (Wildman–Crippen MR) is 70.6 cm³/mol. The van der Waals surface area contributed by atoms with Crippen molar-refractivity contribution < 1.29 is 0 Å². The highest BCUT2D eigenvalue weighted by atomic mass is 15.2. The van der Waals surface area contributed by atoms with Gasteiger partial charge in [-0.2, -0.15) is 0 Å². The topological polar surface area (TPSA) is 32.5 Å². The van der Waals surface area contributed by atoms with E-state index >= 15 is 0 Å². The Bertz CT molecular complexity index is 207. The lowest BCUT2D eigenvalue weighted by Crippen LogP contribution is -2.61. The Kier molecular flexibility index (Phi) is 5.22. The van der Waals surface area contributed by atoms with Gasteiger partial charge in [-0.25, -0.2) is 0 Å². The first-order valence-electron chi connectivity index (χ1n) is 6.75. The normalized spacial score (nSPS) is 32.2. The van der Waals surface area contributed by atoms with Gasteiger partial charge in [-0.1, -0.05) is 13.8 Å². The lowest BCUT2D eigenvalue weighted by molar-refractivity contribution is 0.0135. The van der Waals surface area contributed by atoms with Crippen LogP contribution in [0.1, 0.15) is 40.0 Å². The van der Waals surface area contributed by atoms with Gasteiger partial charge in [-0.15, -0.1) is 0 Å². The van der Waals surface area contributed by atoms with Crippen LogP contribution in [0.25, 0.3) is 0 Å². The SMILES string of the molecule is CCCN(CC)C1(CN)CCN(C)C(C)C1. The summed E-state index contributed by atoms with van der Waals surface area (Å²) in [6.07, 6.45) is 3.66. The van der Waals surface area contributed by atoms with E-state index in [1.807, 2.05) is 0 Å². The van der Waals surface area contributed by atoms with E-state index in [0.717, 1.165) is 13.1 Å². The van der Waals surface area contributed by atoms with E-state index in [9.17, 15) is 0 Å². The van der Waals surface area contributed by atoms with Crippen LogP contribution in [0, 0.1) is 0 Å². The molecule has 2 atom stereocenters. The first-order chi connectivity index (χ1) is 7.59. The van der Waals surface area contributed by atoms with Crippen molar-refractivity contribution in [1.29, 1.82) is 0 Å². The Morgan fingerprint density at radius 3 is 2.56 bits per heavy atom. The van der Waals surface area contributed by atoms with Crippen LogP contribution in [0.3, 0.4) is 0 Å². The van der Waals surface area contributed by atoms with E-state index in [1.165, 1.54) is 32.4 Å². The van der Waals surface area contributed by atoms with Crippen molar-refractivity contribution in [3.63, 3.8) is 0 Å². The molecule has 0 aromatic rings. The highest BCUT2D eigenvalue weighted by molar-refractivity contribution is 4.98. The minimum Gasteiger partial charge on any atom is -0.329 e. The smallest absolute Gasteiger partial charge is 0.0358 e. The number of hydrogen-bond acceptors (Lipinski definition) is 3. The van der Waals surface area contributed by atoms with E-state index < -0.39 is 0 Å². The minimum atomic E-state index is 0.261. The molecule has 2 N–H and O–H groups in total. The van der Waals surface area contributed by atoms with Gasteiger partial charge in [0.25, 0.3) is 0 Å². The van der Waals surface area contributed by atoms with Crippen LogP contribution in [0.5, 0.6) is 0 Å². The summed E-state index contributed by atoms with van der Waals surface area (Å²) in [7, 11) is 2.22. The molecule has 2 unspecified atom stereocenters. The van der Waals surface area contributed by atoms with E-state index in [2.05, 4.69) is 37.6 Å². The monoisotopic (exact) mass is 227 g/mol. The van der Waals surface area contributed by atoms with Crippen molar-refractivity contribution in [1.82, 2.24) is 9.80 Å². The van der Waals surface area contributed by atoms with Gasteiger partial charge in [0.1, 0.15) is 0 Å². The third kappa shape index (κ3) is 2.76. The molecule has 0 spiro atoms. The van der Waals surface area contributed by atoms with Crippen LogP contribution in [-0.2, 0) is 0 Å². The largest absolute Gasteiger partial charge is 0.329 e. The number of piperidine rings is 1. The van der Waals surface area contributed by atoms with Gasteiger partial charge in [0.05, 0.1) is 0 Å². The van der Waals surface area contributed by atoms with Crippen LogP contribution >= 0.6 is 0 Å². The fourth-order valence-corrected chi connectivity index (χ4v) is 3.01. The van der Waals surface area contributed by atoms with Crippen molar-refractivity contribution in [2.45, 2.75) is 51.6 Å². The molecule has 3 nitrogen and oxygen atoms in total. The number of likely N-dealkylation sites (N-methyl/N-ethyl adjacent to an activating group) is 1. The highest BCUT2D eigenvalue weighted by Crippen LogP contribution is 2.31. The summed E-state index contributed by atoms with van der Waals surface area (Å²) in [6, 6.07) is 0.656. The van der Waals surface area contributed by atoms with Gasteiger partial charge < -0.3 is 10.6 Å². The second-order valence-corrected chi connectivity index (χ2v) is 5.29. The summed E-state index contributed by atoms with van der Waals surface area (Å²) in [5.41, 5.74) is 6.35. The van der Waals surface area contributed by atoms with Crippen LogP contribution in [0.2, 0.25) is 0 Å². The summed E-state index contributed by atoms with van der Waals surface area (Å²) < 4.78 is 0. The zero-order valence-electron chi connectivity index (χ0n) is 11.5. The molecule has 96 valence electrons. The minimum absolute atomic E-state index is 0.261. The lowest BCUT2D eigenvalue weighted by Gasteiger charge is -2.50. The quantitative estimate of drug-likeness (QED) is 0.773. The zero-order valence-corrected chi connectivity index (χ0v) is 11.5. The van der Waals surface area contributed by atoms with Crippen molar-refractivity contribution in [3.05, 3.63) is 0 Å². The third-order valence-corrected chi connectivity index (χ3v) is 4.28. The van der Waals surface area contributed by atoms with Gasteiger partial charge in [-0.3, -0.25) is 4.90 Å². The molecule has 1 aliphatic heterocycles. The molecule has 0 aromatic carbocycles. The number of rotatable bonds is 5. The molecule has 1 heterocycles. The van der Waals surface area contributed by atoms with Crippen molar-refractivity contribution in [2.24, 2.45) is 5.73 Å².